The van der Waals surface area contributed by atoms with Crippen molar-refractivity contribution in [2.75, 3.05) is 18.0 Å². The van der Waals surface area contributed by atoms with Crippen LogP contribution in [0.4, 0.5) is 10.2 Å². The fourth-order valence-corrected chi connectivity index (χ4v) is 3.48. The number of pyridine rings is 1. The third-order valence-corrected chi connectivity index (χ3v) is 4.90. The minimum atomic E-state index is -0.406. The molecule has 2 aromatic rings. The Kier molecular flexibility index (Phi) is 7.88. The van der Waals surface area contributed by atoms with Gasteiger partial charge in [0.1, 0.15) is 28.4 Å². The topological polar surface area (TPSA) is 110 Å². The molecule has 0 bridgehead atoms. The molecule has 8 heteroatoms. The molecular weight excluding hydrogens is 389 g/mol. The summed E-state index contributed by atoms with van der Waals surface area (Å²) in [6.07, 6.45) is 3.07. The Hall–Kier alpha value is -3.23. The van der Waals surface area contributed by atoms with Crippen LogP contribution in [-0.2, 0) is 17.6 Å². The van der Waals surface area contributed by atoms with Gasteiger partial charge in [0.05, 0.1) is 17.5 Å². The van der Waals surface area contributed by atoms with E-state index in [1.165, 1.54) is 12.1 Å². The van der Waals surface area contributed by atoms with Crippen molar-refractivity contribution in [1.29, 1.82) is 10.5 Å². The van der Waals surface area contributed by atoms with Crippen molar-refractivity contribution in [3.8, 4) is 12.1 Å². The summed E-state index contributed by atoms with van der Waals surface area (Å²) >= 11 is 5.22. The van der Waals surface area contributed by atoms with Gasteiger partial charge in [-0.2, -0.15) is 10.5 Å². The summed E-state index contributed by atoms with van der Waals surface area (Å²) in [5, 5.41) is 18.5. The lowest BCUT2D eigenvalue weighted by Crippen LogP contribution is -2.21. The molecule has 0 unspecified atom stereocenters. The Morgan fingerprint density at radius 2 is 1.79 bits per heavy atom. The van der Waals surface area contributed by atoms with Crippen LogP contribution >= 0.6 is 12.2 Å². The number of aromatic amines is 1. The maximum Gasteiger partial charge on any atom is 0.221 e. The highest BCUT2D eigenvalue weighted by Crippen LogP contribution is 2.27. The number of hydrogen-bond donors (Lipinski definition) is 2. The Bertz CT molecular complexity index is 1010. The monoisotopic (exact) mass is 411 g/mol. The van der Waals surface area contributed by atoms with Crippen molar-refractivity contribution in [1.82, 2.24) is 4.98 Å². The third-order valence-electron chi connectivity index (χ3n) is 4.59. The zero-order chi connectivity index (χ0) is 21.4. The van der Waals surface area contributed by atoms with E-state index in [1.54, 1.807) is 12.1 Å². The lowest BCUT2D eigenvalue weighted by atomic mass is 10.0. The highest BCUT2D eigenvalue weighted by atomic mass is 32.1. The van der Waals surface area contributed by atoms with Gasteiger partial charge >= 0.3 is 0 Å². The molecule has 1 aliphatic rings. The molecule has 1 aromatic heterocycles. The van der Waals surface area contributed by atoms with E-state index in [0.717, 1.165) is 42.9 Å². The Morgan fingerprint density at radius 3 is 2.28 bits per heavy atom. The van der Waals surface area contributed by atoms with E-state index in [1.807, 2.05) is 6.92 Å². The Balaban J connectivity index is 0.000000234. The molecule has 0 atom stereocenters. The van der Waals surface area contributed by atoms with Crippen LogP contribution in [0.5, 0.6) is 0 Å². The smallest absolute Gasteiger partial charge is 0.221 e. The van der Waals surface area contributed by atoms with Crippen molar-refractivity contribution < 1.29 is 9.18 Å². The van der Waals surface area contributed by atoms with Gasteiger partial charge in [-0.3, -0.25) is 4.79 Å². The van der Waals surface area contributed by atoms with Crippen LogP contribution in [-0.4, -0.2) is 24.0 Å². The van der Waals surface area contributed by atoms with Crippen molar-refractivity contribution in [3.63, 3.8) is 0 Å². The number of H-pyrrole nitrogens is 1. The first-order chi connectivity index (χ1) is 13.9. The molecule has 3 rings (SSSR count). The first-order valence-electron chi connectivity index (χ1n) is 9.28. The Morgan fingerprint density at radius 1 is 1.21 bits per heavy atom. The fraction of sp³-hybridized carbons (Fsp3) is 0.333. The normalized spacial score (nSPS) is 12.5. The number of nitrogens with one attached hydrogen (secondary N) is 1. The first kappa shape index (κ1) is 22.1. The molecule has 1 fully saturated rings. The van der Waals surface area contributed by atoms with Crippen molar-refractivity contribution in [3.05, 3.63) is 57.0 Å². The summed E-state index contributed by atoms with van der Waals surface area (Å²) in [5.41, 5.74) is 7.44. The Labute approximate surface area is 174 Å². The maximum absolute atomic E-state index is 12.3. The van der Waals surface area contributed by atoms with Crippen molar-refractivity contribution in [2.45, 2.75) is 32.6 Å². The zero-order valence-electron chi connectivity index (χ0n) is 16.2. The van der Waals surface area contributed by atoms with Gasteiger partial charge < -0.3 is 15.6 Å². The second-order valence-electron chi connectivity index (χ2n) is 6.57. The molecule has 150 valence electrons. The van der Waals surface area contributed by atoms with Crippen LogP contribution in [0.15, 0.2) is 24.3 Å². The van der Waals surface area contributed by atoms with Crippen molar-refractivity contribution in [2.24, 2.45) is 5.73 Å². The molecule has 1 saturated heterocycles. The van der Waals surface area contributed by atoms with Gasteiger partial charge in [-0.15, -0.1) is 0 Å². The highest BCUT2D eigenvalue weighted by molar-refractivity contribution is 7.71. The quantitative estimate of drug-likeness (QED) is 0.748. The second kappa shape index (κ2) is 10.4. The molecule has 0 aliphatic carbocycles. The van der Waals surface area contributed by atoms with Crippen molar-refractivity contribution >= 4 is 23.9 Å². The average molecular weight is 412 g/mol. The number of benzene rings is 1. The molecule has 1 aliphatic heterocycles. The van der Waals surface area contributed by atoms with E-state index in [-0.39, 0.29) is 12.2 Å². The van der Waals surface area contributed by atoms with E-state index >= 15 is 0 Å². The zero-order valence-corrected chi connectivity index (χ0v) is 17.0. The highest BCUT2D eigenvalue weighted by Gasteiger charge is 2.21. The number of halogens is 1. The predicted octanol–water partition coefficient (Wildman–Crippen LogP) is 3.50. The average Bonchev–Trinajstić information content (AvgIpc) is 3.23. The number of rotatable bonds is 4. The molecule has 0 spiro atoms. The predicted molar refractivity (Wildman–Crippen MR) is 111 cm³/mol. The van der Waals surface area contributed by atoms with E-state index in [9.17, 15) is 14.4 Å². The van der Waals surface area contributed by atoms with E-state index < -0.39 is 5.91 Å². The van der Waals surface area contributed by atoms with Crippen LogP contribution < -0.4 is 10.6 Å². The fourth-order valence-electron chi connectivity index (χ4n) is 3.21. The standard InChI is InChI=1S/C13H14N4S.C8H8FNO/c1-2-9-10(7-14)12(17-5-3-4-6-17)16-13(18)11(9)8-15;9-7-3-1-6(2-4-7)5-8(10)11/h2-6H2,1H3,(H,16,18);1-4H,5H2,(H2,10,11). The van der Waals surface area contributed by atoms with Gasteiger partial charge in [-0.05, 0) is 42.5 Å². The molecular formula is C21H22FN5OS. The van der Waals surface area contributed by atoms with Crippen LogP contribution in [0.25, 0.3) is 0 Å². The number of anilines is 1. The van der Waals surface area contributed by atoms with Gasteiger partial charge in [0.2, 0.25) is 5.91 Å². The number of aromatic nitrogens is 1. The number of nitriles is 2. The molecule has 6 nitrogen and oxygen atoms in total. The number of hydrogen-bond acceptors (Lipinski definition) is 5. The van der Waals surface area contributed by atoms with Crippen LogP contribution in [0, 0.1) is 33.1 Å². The number of nitrogens with zero attached hydrogens (tertiary/aromatic N) is 3. The molecule has 0 saturated carbocycles. The molecule has 29 heavy (non-hydrogen) atoms. The summed E-state index contributed by atoms with van der Waals surface area (Å²) in [6.45, 7) is 3.82. The minimum absolute atomic E-state index is 0.167. The largest absolute Gasteiger partial charge is 0.369 e. The number of primary amides is 1. The number of carbonyl (C=O) groups is 1. The molecule has 1 amide bonds. The summed E-state index contributed by atoms with van der Waals surface area (Å²) in [4.78, 5) is 15.6. The van der Waals surface area contributed by atoms with Gasteiger partial charge in [0.15, 0.2) is 0 Å². The number of nitrogens with two attached hydrogens (primary N) is 1. The van der Waals surface area contributed by atoms with Gasteiger partial charge in [-0.1, -0.05) is 31.3 Å². The molecule has 2 heterocycles. The molecule has 1 aromatic carbocycles. The minimum Gasteiger partial charge on any atom is -0.369 e. The van der Waals surface area contributed by atoms with Crippen LogP contribution in [0.1, 0.15) is 42.0 Å². The van der Waals surface area contributed by atoms with Gasteiger partial charge in [0.25, 0.3) is 0 Å². The van der Waals surface area contributed by atoms with Gasteiger partial charge in [-0.25, -0.2) is 4.39 Å². The lowest BCUT2D eigenvalue weighted by molar-refractivity contribution is -0.117. The van der Waals surface area contributed by atoms with Gasteiger partial charge in [0, 0.05) is 13.1 Å². The number of amides is 1. The van der Waals surface area contributed by atoms with E-state index in [4.69, 9.17) is 23.2 Å². The van der Waals surface area contributed by atoms with Crippen LogP contribution in [0.2, 0.25) is 0 Å². The number of carbonyl (C=O) groups excluding carboxylic acids is 1. The summed E-state index contributed by atoms with van der Waals surface area (Å²) in [6, 6.07) is 10.0. The lowest BCUT2D eigenvalue weighted by Gasteiger charge is -2.20. The maximum atomic E-state index is 12.3. The van der Waals surface area contributed by atoms with E-state index in [0.29, 0.717) is 22.2 Å². The third kappa shape index (κ3) is 5.63. The first-order valence-corrected chi connectivity index (χ1v) is 9.69. The molecule has 3 N–H and O–H groups in total. The summed E-state index contributed by atoms with van der Waals surface area (Å²) in [5.74, 6) is 0.0747. The summed E-state index contributed by atoms with van der Waals surface area (Å²) < 4.78 is 12.7. The summed E-state index contributed by atoms with van der Waals surface area (Å²) in [7, 11) is 0. The van der Waals surface area contributed by atoms with Crippen LogP contribution in [0.3, 0.4) is 0 Å². The second-order valence-corrected chi connectivity index (χ2v) is 6.98. The van der Waals surface area contributed by atoms with E-state index in [2.05, 4.69) is 22.0 Å². The SMILES string of the molecule is CCc1c(C#N)c(N2CCCC2)[nH]c(=S)c1C#N.NC(=O)Cc1ccc(F)cc1. The molecule has 0 radical (unpaired) electrons.